The molecule has 0 saturated heterocycles. The molecule has 0 aliphatic rings. The van der Waals surface area contributed by atoms with Gasteiger partial charge in [0.25, 0.3) is 0 Å². The van der Waals surface area contributed by atoms with Crippen LogP contribution in [0.2, 0.25) is 0 Å². The molecule has 0 aliphatic heterocycles. The molecule has 7 nitrogen and oxygen atoms in total. The van der Waals surface area contributed by atoms with Crippen molar-refractivity contribution in [3.05, 3.63) is 266 Å². The molecular weight excluding hydrogens is 1090 g/mol. The summed E-state index contributed by atoms with van der Waals surface area (Å²) >= 11 is 12.4. The zero-order valence-electron chi connectivity index (χ0n) is 51.2. The van der Waals surface area contributed by atoms with E-state index in [0.29, 0.717) is 86.9 Å². The second-order valence-electron chi connectivity index (χ2n) is 22.2. The van der Waals surface area contributed by atoms with Gasteiger partial charge < -0.3 is 29.2 Å². The van der Waals surface area contributed by atoms with E-state index in [1.807, 2.05) is 42.6 Å². The number of aliphatic imine (C=N–C) groups is 1. The lowest BCUT2D eigenvalue weighted by molar-refractivity contribution is 0.0705. The number of hydrogen-bond acceptors (Lipinski definition) is 7. The molecule has 0 saturated carbocycles. The third kappa shape index (κ3) is 21.3. The van der Waals surface area contributed by atoms with Gasteiger partial charge in [-0.3, -0.25) is 4.99 Å². The normalized spacial score (nSPS) is 11.5. The topological polar surface area (TPSA) is 89.7 Å². The van der Waals surface area contributed by atoms with Crippen molar-refractivity contribution in [2.45, 2.75) is 109 Å². The van der Waals surface area contributed by atoms with Crippen molar-refractivity contribution in [2.75, 3.05) is 52.9 Å². The third-order valence-electron chi connectivity index (χ3n) is 14.8. The molecule has 8 rings (SSSR count). The van der Waals surface area contributed by atoms with Crippen LogP contribution in [-0.2, 0) is 21.2 Å². The number of alkyl halides is 2. The standard InChI is InChI=1S/C27H24.C25H33ClO3.C24H32ClNO3/c1-5-13-22(14-6-1)26(23-15-7-2-8-16-23)21-27(24-17-9-3-10-18-24)25-19-11-4-12-20-25;1-18(2)23-6-5-7-24(19(3)4)25(23)11-9-20-8-10-22(16-21(20)17-26)29-15-14-28-13-12-27;1-17(2)22-6-5-7-23(18(3)4)24(22)26-16-19-8-9-21(14-20(19)15-25)29-13-12-28-11-10-27/h1-20,26-27H,21H2;5-11,16,18-19,27H,12-15,17H2,1-4H3;5-9,14,16-18,27H,10-13,15H2,1-4H3/b;11-9+;. The van der Waals surface area contributed by atoms with Gasteiger partial charge in [-0.25, -0.2) is 0 Å². The number of aliphatic hydroxyl groups excluding tert-OH is 2. The predicted molar refractivity (Wildman–Crippen MR) is 358 cm³/mol. The Morgan fingerprint density at radius 2 is 0.765 bits per heavy atom. The van der Waals surface area contributed by atoms with Crippen molar-refractivity contribution in [1.82, 2.24) is 0 Å². The Bertz CT molecular complexity index is 2870. The fourth-order valence-corrected chi connectivity index (χ4v) is 10.8. The first-order valence-electron chi connectivity index (χ1n) is 30.0. The van der Waals surface area contributed by atoms with Gasteiger partial charge in [0.2, 0.25) is 0 Å². The van der Waals surface area contributed by atoms with Crippen LogP contribution < -0.4 is 9.47 Å². The fourth-order valence-electron chi connectivity index (χ4n) is 10.3. The van der Waals surface area contributed by atoms with E-state index in [0.717, 1.165) is 45.9 Å². The van der Waals surface area contributed by atoms with Gasteiger partial charge in [-0.2, -0.15) is 0 Å². The third-order valence-corrected chi connectivity index (χ3v) is 15.4. The first-order chi connectivity index (χ1) is 41.4. The van der Waals surface area contributed by atoms with Gasteiger partial charge in [0, 0.05) is 29.8 Å². The van der Waals surface area contributed by atoms with E-state index in [2.05, 4.69) is 225 Å². The van der Waals surface area contributed by atoms with E-state index in [-0.39, 0.29) is 13.2 Å². The van der Waals surface area contributed by atoms with Gasteiger partial charge in [-0.05, 0) is 133 Å². The van der Waals surface area contributed by atoms with Crippen LogP contribution in [0.3, 0.4) is 0 Å². The van der Waals surface area contributed by atoms with Crippen LogP contribution >= 0.6 is 23.2 Å². The summed E-state index contributed by atoms with van der Waals surface area (Å²) in [6.45, 7) is 20.1. The second kappa shape index (κ2) is 36.9. The fraction of sp³-hybridized carbons (Fsp3) is 0.329. The summed E-state index contributed by atoms with van der Waals surface area (Å²) < 4.78 is 21.9. The molecule has 448 valence electrons. The van der Waals surface area contributed by atoms with Gasteiger partial charge in [0.1, 0.15) is 24.7 Å². The highest BCUT2D eigenvalue weighted by atomic mass is 35.5. The Balaban J connectivity index is 0.000000204. The minimum atomic E-state index is 0.0168. The van der Waals surface area contributed by atoms with Crippen LogP contribution in [0.5, 0.6) is 11.5 Å². The Morgan fingerprint density at radius 1 is 0.400 bits per heavy atom. The molecule has 0 unspecified atom stereocenters. The molecule has 9 heteroatoms. The first kappa shape index (κ1) is 67.3. The van der Waals surface area contributed by atoms with Crippen LogP contribution in [0.1, 0.15) is 170 Å². The van der Waals surface area contributed by atoms with Gasteiger partial charge in [-0.15, -0.1) is 23.2 Å². The number of hydrogen-bond donors (Lipinski definition) is 2. The molecule has 8 aromatic carbocycles. The second-order valence-corrected chi connectivity index (χ2v) is 22.7. The van der Waals surface area contributed by atoms with E-state index in [4.69, 9.17) is 57.4 Å². The highest BCUT2D eigenvalue weighted by Crippen LogP contribution is 2.39. The molecular formula is C76H89Cl2NO6. The summed E-state index contributed by atoms with van der Waals surface area (Å²) in [4.78, 5) is 4.88. The molecule has 0 aliphatic carbocycles. The van der Waals surface area contributed by atoms with Gasteiger partial charge in [0.15, 0.2) is 0 Å². The highest BCUT2D eigenvalue weighted by molar-refractivity contribution is 6.17. The summed E-state index contributed by atoms with van der Waals surface area (Å²) in [7, 11) is 0. The zero-order chi connectivity index (χ0) is 60.8. The van der Waals surface area contributed by atoms with Crippen molar-refractivity contribution in [2.24, 2.45) is 4.99 Å². The number of benzene rings is 8. The summed E-state index contributed by atoms with van der Waals surface area (Å²) in [5, 5.41) is 17.4. The number of aliphatic hydroxyl groups is 2. The number of halogens is 2. The largest absolute Gasteiger partial charge is 0.491 e. The molecule has 0 bridgehead atoms. The van der Waals surface area contributed by atoms with Gasteiger partial charge in [-0.1, -0.05) is 231 Å². The van der Waals surface area contributed by atoms with Gasteiger partial charge >= 0.3 is 0 Å². The van der Waals surface area contributed by atoms with Crippen LogP contribution in [0.25, 0.3) is 12.2 Å². The van der Waals surface area contributed by atoms with Crippen molar-refractivity contribution in [3.8, 4) is 11.5 Å². The van der Waals surface area contributed by atoms with Crippen molar-refractivity contribution >= 4 is 47.3 Å². The molecule has 0 radical (unpaired) electrons. The maximum atomic E-state index is 8.72. The molecule has 8 aromatic rings. The van der Waals surface area contributed by atoms with E-state index in [9.17, 15) is 0 Å². The van der Waals surface area contributed by atoms with Crippen molar-refractivity contribution < 1.29 is 29.2 Å². The average molecular weight is 1180 g/mol. The Kier molecular flexibility index (Phi) is 29.2. The lowest BCUT2D eigenvalue weighted by Crippen LogP contribution is -2.09. The minimum Gasteiger partial charge on any atom is -0.491 e. The van der Waals surface area contributed by atoms with E-state index < -0.39 is 0 Å². The number of para-hydroxylation sites is 1. The average Bonchev–Trinajstić information content (AvgIpc) is 3.65. The van der Waals surface area contributed by atoms with Crippen LogP contribution in [0.15, 0.2) is 199 Å². The van der Waals surface area contributed by atoms with Crippen molar-refractivity contribution in [1.29, 1.82) is 0 Å². The zero-order valence-corrected chi connectivity index (χ0v) is 52.7. The minimum absolute atomic E-state index is 0.0168. The quantitative estimate of drug-likeness (QED) is 0.0220. The lowest BCUT2D eigenvalue weighted by Gasteiger charge is -2.25. The Labute approximate surface area is 518 Å². The lowest BCUT2D eigenvalue weighted by atomic mass is 9.78. The smallest absolute Gasteiger partial charge is 0.119 e. The van der Waals surface area contributed by atoms with Crippen LogP contribution in [0.4, 0.5) is 5.69 Å². The summed E-state index contributed by atoms with van der Waals surface area (Å²) in [6.07, 6.45) is 7.32. The summed E-state index contributed by atoms with van der Waals surface area (Å²) in [5.74, 6) is 4.76. The van der Waals surface area contributed by atoms with E-state index >= 15 is 0 Å². The van der Waals surface area contributed by atoms with Crippen molar-refractivity contribution in [3.63, 3.8) is 0 Å². The molecule has 85 heavy (non-hydrogen) atoms. The molecule has 0 aromatic heterocycles. The molecule has 0 fully saturated rings. The molecule has 0 amide bonds. The molecule has 2 N–H and O–H groups in total. The number of nitrogens with zero attached hydrogens (tertiary/aromatic N) is 1. The molecule has 0 heterocycles. The maximum Gasteiger partial charge on any atom is 0.119 e. The van der Waals surface area contributed by atoms with E-state index in [1.54, 1.807) is 0 Å². The highest BCUT2D eigenvalue weighted by Gasteiger charge is 2.23. The first-order valence-corrected chi connectivity index (χ1v) is 31.1. The SMILES string of the molecule is CC(C)c1cccc(C(C)C)c1/C=C/c1ccc(OCCOCCO)cc1CCl.CC(C)c1cccc(C(C)C)c1N=Cc1ccc(OCCOCCO)cc1CCl.c1ccc(C(CC(c2ccccc2)c2ccccc2)c2ccccc2)cc1. The molecule has 0 spiro atoms. The predicted octanol–water partition coefficient (Wildman–Crippen LogP) is 19.1. The van der Waals surface area contributed by atoms with E-state index in [1.165, 1.54) is 50.1 Å². The Hall–Kier alpha value is -6.81. The summed E-state index contributed by atoms with van der Waals surface area (Å²) in [5.41, 5.74) is 17.2. The maximum absolute atomic E-state index is 8.72. The molecule has 0 atom stereocenters. The number of ether oxygens (including phenoxy) is 4. The van der Waals surface area contributed by atoms with Crippen LogP contribution in [-0.4, -0.2) is 69.3 Å². The Morgan fingerprint density at radius 3 is 1.13 bits per heavy atom. The summed E-state index contributed by atoms with van der Waals surface area (Å²) in [6, 6.07) is 68.4. The number of rotatable bonds is 28. The monoisotopic (exact) mass is 1180 g/mol. The van der Waals surface area contributed by atoms with Gasteiger partial charge in [0.05, 0.1) is 45.3 Å². The van der Waals surface area contributed by atoms with Crippen LogP contribution in [0, 0.1) is 0 Å².